The zero-order valence-corrected chi connectivity index (χ0v) is 23.3. The third-order valence-corrected chi connectivity index (χ3v) is 8.25. The molecule has 2 amide bonds. The van der Waals surface area contributed by atoms with Gasteiger partial charge in [-0.1, -0.05) is 19.9 Å². The number of hydrogen-bond donors (Lipinski definition) is 2. The van der Waals surface area contributed by atoms with Gasteiger partial charge in [0, 0.05) is 30.9 Å². The van der Waals surface area contributed by atoms with Gasteiger partial charge < -0.3 is 16.0 Å². The van der Waals surface area contributed by atoms with E-state index in [4.69, 9.17) is 15.7 Å². The summed E-state index contributed by atoms with van der Waals surface area (Å²) < 4.78 is 1.70. The van der Waals surface area contributed by atoms with E-state index in [1.807, 2.05) is 34.7 Å². The van der Waals surface area contributed by atoms with Crippen molar-refractivity contribution >= 4 is 34.6 Å². The number of nitrogens with two attached hydrogens (primary N) is 1. The topological polar surface area (TPSA) is 122 Å². The number of anilines is 1. The van der Waals surface area contributed by atoms with Crippen molar-refractivity contribution in [1.29, 1.82) is 0 Å². The van der Waals surface area contributed by atoms with Crippen LogP contribution in [0.15, 0.2) is 48.1 Å². The zero-order valence-electron chi connectivity index (χ0n) is 22.5. The van der Waals surface area contributed by atoms with Crippen molar-refractivity contribution < 1.29 is 9.59 Å². The number of carbonyl (C=O) groups is 2. The molecule has 0 spiro atoms. The first-order valence-electron chi connectivity index (χ1n) is 13.4. The van der Waals surface area contributed by atoms with Gasteiger partial charge in [-0.3, -0.25) is 14.5 Å². The van der Waals surface area contributed by atoms with Gasteiger partial charge in [0.2, 0.25) is 5.91 Å². The molecule has 39 heavy (non-hydrogen) atoms. The number of fused-ring (bicyclic) bond motifs is 1. The molecular weight excluding hydrogens is 512 g/mol. The highest BCUT2D eigenvalue weighted by Gasteiger charge is 2.31. The van der Waals surface area contributed by atoms with Gasteiger partial charge in [0.05, 0.1) is 28.0 Å². The van der Waals surface area contributed by atoms with E-state index in [1.54, 1.807) is 34.2 Å². The van der Waals surface area contributed by atoms with Crippen molar-refractivity contribution in [2.75, 3.05) is 31.1 Å². The van der Waals surface area contributed by atoms with Crippen LogP contribution < -0.4 is 16.0 Å². The molecule has 0 saturated carbocycles. The number of amides is 2. The summed E-state index contributed by atoms with van der Waals surface area (Å²) in [5.74, 6) is -0.0427. The standard InChI is InChI=1S/C28H34N8O2S/c1-4-34(5-2)18(3)16-30-28(38)19-14-22(32-25(15-19)35-11-6-8-23(35)26(29)37)20-17-31-36-12-10-21(33-27(20)36)24-9-7-13-39-24/h7,9-10,12-15,17-18,23H,4-6,8,11,16H2,1-3H3,(H2,29,37)(H,30,38)/t18-,23+/m0/s1. The van der Waals surface area contributed by atoms with Gasteiger partial charge >= 0.3 is 0 Å². The number of nitrogens with zero attached hydrogens (tertiary/aromatic N) is 6. The monoisotopic (exact) mass is 546 g/mol. The summed E-state index contributed by atoms with van der Waals surface area (Å²) in [7, 11) is 0. The van der Waals surface area contributed by atoms with Crippen LogP contribution in [0, 0.1) is 0 Å². The van der Waals surface area contributed by atoms with Crippen molar-refractivity contribution in [3.05, 3.63) is 53.7 Å². The Kier molecular flexibility index (Phi) is 7.89. The first kappa shape index (κ1) is 26.8. The Balaban J connectivity index is 1.54. The second kappa shape index (κ2) is 11.5. The predicted octanol–water partition coefficient (Wildman–Crippen LogP) is 3.43. The quantitative estimate of drug-likeness (QED) is 0.313. The predicted molar refractivity (Wildman–Crippen MR) is 154 cm³/mol. The number of pyridine rings is 1. The first-order chi connectivity index (χ1) is 18.9. The Hall–Kier alpha value is -3.83. The SMILES string of the molecule is CCN(CC)[C@@H](C)CNC(=O)c1cc(-c2cnn3ccc(-c4cccs4)nc23)nc(N2CCC[C@@H]2C(N)=O)c1. The van der Waals surface area contributed by atoms with Crippen LogP contribution in [-0.2, 0) is 4.79 Å². The molecule has 1 aliphatic rings. The molecule has 4 aromatic rings. The Morgan fingerprint density at radius 3 is 2.74 bits per heavy atom. The lowest BCUT2D eigenvalue weighted by molar-refractivity contribution is -0.119. The minimum absolute atomic E-state index is 0.196. The summed E-state index contributed by atoms with van der Waals surface area (Å²) >= 11 is 1.62. The van der Waals surface area contributed by atoms with Gasteiger partial charge in [-0.2, -0.15) is 5.10 Å². The van der Waals surface area contributed by atoms with Crippen molar-refractivity contribution in [2.24, 2.45) is 5.73 Å². The number of thiophene rings is 1. The molecule has 5 rings (SSSR count). The van der Waals surface area contributed by atoms with Crippen LogP contribution in [0.5, 0.6) is 0 Å². The van der Waals surface area contributed by atoms with E-state index in [9.17, 15) is 9.59 Å². The van der Waals surface area contributed by atoms with Gasteiger partial charge in [-0.25, -0.2) is 14.5 Å². The average molecular weight is 547 g/mol. The molecule has 0 unspecified atom stereocenters. The van der Waals surface area contributed by atoms with E-state index in [-0.39, 0.29) is 11.9 Å². The van der Waals surface area contributed by atoms with Gasteiger partial charge in [-0.15, -0.1) is 11.3 Å². The minimum atomic E-state index is -0.459. The van der Waals surface area contributed by atoms with Crippen LogP contribution in [0.3, 0.4) is 0 Å². The molecule has 0 bridgehead atoms. The molecule has 204 valence electrons. The third-order valence-electron chi connectivity index (χ3n) is 7.36. The fraction of sp³-hybridized carbons (Fsp3) is 0.393. The molecule has 5 heterocycles. The normalized spacial score (nSPS) is 16.2. The summed E-state index contributed by atoms with van der Waals surface area (Å²) in [6.07, 6.45) is 5.07. The minimum Gasteiger partial charge on any atom is -0.368 e. The molecule has 0 radical (unpaired) electrons. The maximum atomic E-state index is 13.4. The molecule has 1 saturated heterocycles. The molecule has 10 nitrogen and oxygen atoms in total. The summed E-state index contributed by atoms with van der Waals surface area (Å²) in [5, 5.41) is 9.58. The molecule has 0 aromatic carbocycles. The van der Waals surface area contributed by atoms with E-state index in [1.165, 1.54) is 0 Å². The van der Waals surface area contributed by atoms with Crippen LogP contribution in [-0.4, -0.2) is 74.6 Å². The lowest BCUT2D eigenvalue weighted by Crippen LogP contribution is -2.42. The van der Waals surface area contributed by atoms with Gasteiger partial charge in [-0.05, 0) is 62.5 Å². The fourth-order valence-corrected chi connectivity index (χ4v) is 5.89. The van der Waals surface area contributed by atoms with Crippen LogP contribution in [0.2, 0.25) is 0 Å². The molecule has 3 N–H and O–H groups in total. The van der Waals surface area contributed by atoms with E-state index < -0.39 is 11.9 Å². The van der Waals surface area contributed by atoms with E-state index in [0.29, 0.717) is 47.8 Å². The number of likely N-dealkylation sites (N-methyl/N-ethyl adjacent to an activating group) is 1. The molecule has 11 heteroatoms. The van der Waals surface area contributed by atoms with Gasteiger partial charge in [0.1, 0.15) is 11.9 Å². The number of carbonyl (C=O) groups excluding carboxylic acids is 2. The molecule has 1 aliphatic heterocycles. The largest absolute Gasteiger partial charge is 0.368 e. The maximum Gasteiger partial charge on any atom is 0.251 e. The summed E-state index contributed by atoms with van der Waals surface area (Å²) in [6.45, 7) is 9.31. The Labute approximate surface area is 231 Å². The maximum absolute atomic E-state index is 13.4. The molecule has 1 fully saturated rings. The zero-order chi connectivity index (χ0) is 27.5. The van der Waals surface area contributed by atoms with Crippen molar-refractivity contribution in [1.82, 2.24) is 29.8 Å². The highest BCUT2D eigenvalue weighted by Crippen LogP contribution is 2.31. The number of hydrogen-bond acceptors (Lipinski definition) is 8. The first-order valence-corrected chi connectivity index (χ1v) is 14.3. The van der Waals surface area contributed by atoms with Gasteiger partial charge in [0.15, 0.2) is 5.65 Å². The van der Waals surface area contributed by atoms with E-state index in [0.717, 1.165) is 30.1 Å². The number of primary amides is 1. The number of aromatic nitrogens is 4. The fourth-order valence-electron chi connectivity index (χ4n) is 5.20. The van der Waals surface area contributed by atoms with E-state index >= 15 is 0 Å². The Bertz CT molecular complexity index is 1460. The van der Waals surface area contributed by atoms with Crippen molar-refractivity contribution in [3.8, 4) is 21.8 Å². The lowest BCUT2D eigenvalue weighted by Gasteiger charge is -2.27. The molecule has 2 atom stereocenters. The van der Waals surface area contributed by atoms with Crippen LogP contribution in [0.1, 0.15) is 44.0 Å². The smallest absolute Gasteiger partial charge is 0.251 e. The summed E-state index contributed by atoms with van der Waals surface area (Å²) in [4.78, 5) is 40.6. The van der Waals surface area contributed by atoms with Crippen LogP contribution in [0.4, 0.5) is 5.82 Å². The van der Waals surface area contributed by atoms with Crippen molar-refractivity contribution in [2.45, 2.75) is 45.7 Å². The second-order valence-corrected chi connectivity index (χ2v) is 10.7. The lowest BCUT2D eigenvalue weighted by atomic mass is 10.1. The van der Waals surface area contributed by atoms with Crippen LogP contribution in [0.25, 0.3) is 27.5 Å². The number of nitrogens with one attached hydrogen (secondary N) is 1. The summed E-state index contributed by atoms with van der Waals surface area (Å²) in [5.41, 5.74) is 8.93. The third kappa shape index (κ3) is 5.50. The van der Waals surface area contributed by atoms with Crippen molar-refractivity contribution in [3.63, 3.8) is 0 Å². The second-order valence-electron chi connectivity index (χ2n) is 9.75. The molecular formula is C28H34N8O2S. The number of rotatable bonds is 10. The Morgan fingerprint density at radius 2 is 2.03 bits per heavy atom. The van der Waals surface area contributed by atoms with Gasteiger partial charge in [0.25, 0.3) is 5.91 Å². The summed E-state index contributed by atoms with van der Waals surface area (Å²) in [6, 6.07) is 9.20. The average Bonchev–Trinajstić information content (AvgIpc) is 3.72. The highest BCUT2D eigenvalue weighted by atomic mass is 32.1. The van der Waals surface area contributed by atoms with E-state index in [2.05, 4.69) is 36.1 Å². The highest BCUT2D eigenvalue weighted by molar-refractivity contribution is 7.13. The van der Waals surface area contributed by atoms with Crippen LogP contribution >= 0.6 is 11.3 Å². The molecule has 4 aromatic heterocycles. The molecule has 0 aliphatic carbocycles. The Morgan fingerprint density at radius 1 is 1.21 bits per heavy atom.